The van der Waals surface area contributed by atoms with Crippen LogP contribution in [0, 0.1) is 0 Å². The first-order valence-electron chi connectivity index (χ1n) is 5.36. The van der Waals surface area contributed by atoms with Gasteiger partial charge in [-0.3, -0.25) is 5.10 Å². The molecule has 4 heteroatoms. The minimum absolute atomic E-state index is 0.556. The van der Waals surface area contributed by atoms with Gasteiger partial charge in [0.1, 0.15) is 0 Å². The summed E-state index contributed by atoms with van der Waals surface area (Å²) in [6.07, 6.45) is 5.28. The molecule has 0 amide bonds. The van der Waals surface area contributed by atoms with Gasteiger partial charge in [-0.1, -0.05) is 18.2 Å². The van der Waals surface area contributed by atoms with E-state index in [-0.39, 0.29) is 0 Å². The Morgan fingerprint density at radius 2 is 2.38 bits per heavy atom. The molecule has 84 valence electrons. The van der Waals surface area contributed by atoms with E-state index >= 15 is 0 Å². The standard InChI is InChI=1S/C12H16N4/c1-14-7-3-2-4-9-5-6-10-11(8-9)15-16-12(10)13/h2,4-6,8,14H,3,7H2,1H3,(H3,13,15,16). The highest BCUT2D eigenvalue weighted by Gasteiger charge is 2.00. The van der Waals surface area contributed by atoms with Crippen LogP contribution in [0.15, 0.2) is 24.3 Å². The molecular formula is C12H16N4. The van der Waals surface area contributed by atoms with Gasteiger partial charge in [0.05, 0.1) is 5.52 Å². The van der Waals surface area contributed by atoms with E-state index in [9.17, 15) is 0 Å². The topological polar surface area (TPSA) is 66.7 Å². The summed E-state index contributed by atoms with van der Waals surface area (Å²) in [5.74, 6) is 0.556. The molecule has 1 heterocycles. The molecule has 1 aromatic heterocycles. The van der Waals surface area contributed by atoms with Crippen molar-refractivity contribution in [3.63, 3.8) is 0 Å². The first kappa shape index (κ1) is 10.7. The third-order valence-corrected chi connectivity index (χ3v) is 2.49. The summed E-state index contributed by atoms with van der Waals surface area (Å²) in [6.45, 7) is 0.996. The Morgan fingerprint density at radius 3 is 3.19 bits per heavy atom. The summed E-state index contributed by atoms with van der Waals surface area (Å²) >= 11 is 0. The molecule has 0 radical (unpaired) electrons. The summed E-state index contributed by atoms with van der Waals surface area (Å²) in [4.78, 5) is 0. The van der Waals surface area contributed by atoms with Gasteiger partial charge >= 0.3 is 0 Å². The van der Waals surface area contributed by atoms with Crippen LogP contribution in [0.2, 0.25) is 0 Å². The lowest BCUT2D eigenvalue weighted by Gasteiger charge is -1.95. The maximum atomic E-state index is 5.70. The molecule has 0 spiro atoms. The fourth-order valence-electron chi connectivity index (χ4n) is 1.61. The van der Waals surface area contributed by atoms with Crippen LogP contribution in [0.5, 0.6) is 0 Å². The van der Waals surface area contributed by atoms with Gasteiger partial charge in [0, 0.05) is 5.39 Å². The number of hydrogen-bond donors (Lipinski definition) is 3. The number of anilines is 1. The van der Waals surface area contributed by atoms with Crippen molar-refractivity contribution in [2.24, 2.45) is 0 Å². The lowest BCUT2D eigenvalue weighted by Crippen LogP contribution is -2.05. The van der Waals surface area contributed by atoms with E-state index in [1.54, 1.807) is 0 Å². The highest BCUT2D eigenvalue weighted by atomic mass is 15.1. The number of hydrogen-bond acceptors (Lipinski definition) is 3. The molecular weight excluding hydrogens is 200 g/mol. The molecule has 0 fully saturated rings. The molecule has 2 rings (SSSR count). The van der Waals surface area contributed by atoms with Crippen LogP contribution in [0.3, 0.4) is 0 Å². The number of H-pyrrole nitrogens is 1. The van der Waals surface area contributed by atoms with Gasteiger partial charge in [-0.15, -0.1) is 0 Å². The molecule has 0 saturated heterocycles. The van der Waals surface area contributed by atoms with E-state index in [0.717, 1.165) is 29.4 Å². The minimum Gasteiger partial charge on any atom is -0.382 e. The van der Waals surface area contributed by atoms with Crippen molar-refractivity contribution in [2.75, 3.05) is 19.3 Å². The van der Waals surface area contributed by atoms with Crippen LogP contribution in [0.1, 0.15) is 12.0 Å². The third kappa shape index (κ3) is 2.23. The highest BCUT2D eigenvalue weighted by molar-refractivity contribution is 5.89. The molecule has 1 aromatic carbocycles. The van der Waals surface area contributed by atoms with Crippen molar-refractivity contribution >= 4 is 22.8 Å². The van der Waals surface area contributed by atoms with Crippen LogP contribution in [-0.2, 0) is 0 Å². The largest absolute Gasteiger partial charge is 0.382 e. The summed E-state index contributed by atoms with van der Waals surface area (Å²) < 4.78 is 0. The maximum Gasteiger partial charge on any atom is 0.153 e. The van der Waals surface area contributed by atoms with Crippen LogP contribution in [0.4, 0.5) is 5.82 Å². The molecule has 0 aliphatic carbocycles. The normalized spacial score (nSPS) is 11.6. The monoisotopic (exact) mass is 216 g/mol. The summed E-state index contributed by atoms with van der Waals surface area (Å²) in [7, 11) is 1.95. The maximum absolute atomic E-state index is 5.70. The van der Waals surface area contributed by atoms with E-state index in [4.69, 9.17) is 5.73 Å². The van der Waals surface area contributed by atoms with Crippen molar-refractivity contribution in [1.29, 1.82) is 0 Å². The Kier molecular flexibility index (Phi) is 3.22. The predicted molar refractivity (Wildman–Crippen MR) is 68.1 cm³/mol. The number of nitrogens with two attached hydrogens (primary N) is 1. The second kappa shape index (κ2) is 4.81. The summed E-state index contributed by atoms with van der Waals surface area (Å²) in [6, 6.07) is 6.09. The summed E-state index contributed by atoms with van der Waals surface area (Å²) in [5, 5.41) is 11.0. The smallest absolute Gasteiger partial charge is 0.153 e. The first-order valence-corrected chi connectivity index (χ1v) is 5.36. The van der Waals surface area contributed by atoms with E-state index < -0.39 is 0 Å². The third-order valence-electron chi connectivity index (χ3n) is 2.49. The lowest BCUT2D eigenvalue weighted by atomic mass is 10.1. The number of rotatable bonds is 4. The van der Waals surface area contributed by atoms with Crippen LogP contribution >= 0.6 is 0 Å². The quantitative estimate of drug-likeness (QED) is 0.682. The molecule has 0 bridgehead atoms. The first-order chi connectivity index (χ1) is 7.81. The lowest BCUT2D eigenvalue weighted by molar-refractivity contribution is 0.809. The number of aromatic amines is 1. The molecule has 0 aliphatic rings. The Balaban J connectivity index is 2.16. The van der Waals surface area contributed by atoms with Crippen molar-refractivity contribution in [3.8, 4) is 0 Å². The summed E-state index contributed by atoms with van der Waals surface area (Å²) in [5.41, 5.74) is 7.84. The van der Waals surface area contributed by atoms with Crippen molar-refractivity contribution in [1.82, 2.24) is 15.5 Å². The molecule has 0 saturated carbocycles. The number of benzene rings is 1. The average Bonchev–Trinajstić information content (AvgIpc) is 2.66. The molecule has 0 unspecified atom stereocenters. The second-order valence-electron chi connectivity index (χ2n) is 3.71. The van der Waals surface area contributed by atoms with Gasteiger partial charge in [0.2, 0.25) is 0 Å². The molecule has 4 nitrogen and oxygen atoms in total. The van der Waals surface area contributed by atoms with Crippen molar-refractivity contribution < 1.29 is 0 Å². The molecule has 4 N–H and O–H groups in total. The second-order valence-corrected chi connectivity index (χ2v) is 3.71. The Morgan fingerprint density at radius 1 is 1.50 bits per heavy atom. The molecule has 16 heavy (non-hydrogen) atoms. The average molecular weight is 216 g/mol. The van der Waals surface area contributed by atoms with Crippen molar-refractivity contribution in [2.45, 2.75) is 6.42 Å². The zero-order valence-electron chi connectivity index (χ0n) is 9.33. The fraction of sp³-hybridized carbons (Fsp3) is 0.250. The number of aromatic nitrogens is 2. The van der Waals surface area contributed by atoms with Crippen LogP contribution < -0.4 is 11.1 Å². The van der Waals surface area contributed by atoms with Gasteiger partial charge in [-0.25, -0.2) is 0 Å². The SMILES string of the molecule is CNCCC=Cc1ccc2c(N)n[nH]c2c1. The molecule has 0 atom stereocenters. The highest BCUT2D eigenvalue weighted by Crippen LogP contribution is 2.19. The van der Waals surface area contributed by atoms with Crippen LogP contribution in [0.25, 0.3) is 17.0 Å². The molecule has 0 aliphatic heterocycles. The minimum atomic E-state index is 0.556. The molecule has 2 aromatic rings. The number of fused-ring (bicyclic) bond motifs is 1. The fourth-order valence-corrected chi connectivity index (χ4v) is 1.61. The zero-order valence-corrected chi connectivity index (χ0v) is 9.33. The Labute approximate surface area is 94.5 Å². The van der Waals surface area contributed by atoms with Gasteiger partial charge < -0.3 is 11.1 Å². The van der Waals surface area contributed by atoms with Gasteiger partial charge in [-0.05, 0) is 37.7 Å². The van der Waals surface area contributed by atoms with E-state index in [2.05, 4.69) is 33.7 Å². The number of nitrogens with one attached hydrogen (secondary N) is 2. The Hall–Kier alpha value is -1.81. The van der Waals surface area contributed by atoms with E-state index in [1.807, 2.05) is 19.2 Å². The number of nitrogen functional groups attached to an aromatic ring is 1. The predicted octanol–water partition coefficient (Wildman–Crippen LogP) is 1.77. The Bertz CT molecular complexity index is 499. The van der Waals surface area contributed by atoms with Gasteiger partial charge in [-0.2, -0.15) is 5.10 Å². The van der Waals surface area contributed by atoms with Crippen molar-refractivity contribution in [3.05, 3.63) is 29.8 Å². The van der Waals surface area contributed by atoms with E-state index in [0.29, 0.717) is 5.82 Å². The number of nitrogens with zero attached hydrogens (tertiary/aromatic N) is 1. The van der Waals surface area contributed by atoms with E-state index in [1.165, 1.54) is 0 Å². The zero-order chi connectivity index (χ0) is 11.4. The van der Waals surface area contributed by atoms with Gasteiger partial charge in [0.25, 0.3) is 0 Å². The van der Waals surface area contributed by atoms with Crippen LogP contribution in [-0.4, -0.2) is 23.8 Å². The van der Waals surface area contributed by atoms with Gasteiger partial charge in [0.15, 0.2) is 5.82 Å².